The number of carbonyl (C=O) groups is 3. The number of ketones is 1. The zero-order chi connectivity index (χ0) is 13.7. The Labute approximate surface area is 107 Å². The van der Waals surface area contributed by atoms with Crippen LogP contribution in [-0.4, -0.2) is 42.3 Å². The molecule has 5 heteroatoms. The number of Topliss-reactive ketones (excluding diaryl/α,β-unsaturated/α-hetero) is 1. The van der Waals surface area contributed by atoms with Gasteiger partial charge in [-0.3, -0.25) is 14.4 Å². The molecule has 1 saturated heterocycles. The minimum atomic E-state index is -0.516. The highest BCUT2D eigenvalue weighted by molar-refractivity contribution is 6.02. The molecule has 1 aliphatic rings. The molecule has 0 bridgehead atoms. The van der Waals surface area contributed by atoms with Crippen molar-refractivity contribution in [1.82, 2.24) is 4.90 Å². The summed E-state index contributed by atoms with van der Waals surface area (Å²) in [6, 6.07) is 0. The summed E-state index contributed by atoms with van der Waals surface area (Å²) in [5, 5.41) is 0. The van der Waals surface area contributed by atoms with E-state index < -0.39 is 5.92 Å². The second-order valence-electron chi connectivity index (χ2n) is 4.60. The summed E-state index contributed by atoms with van der Waals surface area (Å²) in [6.45, 7) is 6.44. The van der Waals surface area contributed by atoms with Gasteiger partial charge in [0.25, 0.3) is 0 Å². The molecule has 0 saturated carbocycles. The van der Waals surface area contributed by atoms with Crippen LogP contribution in [-0.2, 0) is 19.1 Å². The highest BCUT2D eigenvalue weighted by atomic mass is 16.5. The van der Waals surface area contributed by atoms with Gasteiger partial charge in [-0.05, 0) is 19.8 Å². The van der Waals surface area contributed by atoms with Crippen LogP contribution < -0.4 is 0 Å². The topological polar surface area (TPSA) is 63.7 Å². The van der Waals surface area contributed by atoms with Crippen molar-refractivity contribution in [3.63, 3.8) is 0 Å². The van der Waals surface area contributed by atoms with Gasteiger partial charge >= 0.3 is 5.97 Å². The van der Waals surface area contributed by atoms with E-state index in [2.05, 4.69) is 0 Å². The Bertz CT molecular complexity index is 340. The summed E-state index contributed by atoms with van der Waals surface area (Å²) >= 11 is 0. The van der Waals surface area contributed by atoms with Crippen molar-refractivity contribution in [2.24, 2.45) is 11.8 Å². The summed E-state index contributed by atoms with van der Waals surface area (Å²) < 4.78 is 4.82. The lowest BCUT2D eigenvalue weighted by Gasteiger charge is -2.15. The first kappa shape index (κ1) is 14.7. The Balaban J connectivity index is 2.56. The second-order valence-corrected chi connectivity index (χ2v) is 4.60. The Hall–Kier alpha value is -1.39. The third kappa shape index (κ3) is 3.31. The second kappa shape index (κ2) is 6.52. The zero-order valence-electron chi connectivity index (χ0n) is 11.3. The van der Waals surface area contributed by atoms with Gasteiger partial charge in [-0.25, -0.2) is 0 Å². The summed E-state index contributed by atoms with van der Waals surface area (Å²) in [5.41, 5.74) is 0. The third-order valence-corrected chi connectivity index (χ3v) is 3.36. The first-order chi connectivity index (χ1) is 8.51. The molecule has 0 radical (unpaired) electrons. The Morgan fingerprint density at radius 1 is 1.39 bits per heavy atom. The molecule has 0 aromatic carbocycles. The van der Waals surface area contributed by atoms with Crippen LogP contribution in [0.25, 0.3) is 0 Å². The predicted octanol–water partition coefficient (Wildman–Crippen LogP) is 1.01. The summed E-state index contributed by atoms with van der Waals surface area (Å²) in [5.74, 6) is -0.955. The number of nitrogens with zero attached hydrogens (tertiary/aromatic N) is 1. The molecule has 0 aromatic rings. The van der Waals surface area contributed by atoms with Gasteiger partial charge in [-0.1, -0.05) is 13.3 Å². The minimum Gasteiger partial charge on any atom is -0.466 e. The number of carbonyl (C=O) groups excluding carboxylic acids is 3. The first-order valence-corrected chi connectivity index (χ1v) is 6.46. The smallest absolute Gasteiger partial charge is 0.307 e. The molecule has 0 aromatic heterocycles. The molecule has 1 fully saturated rings. The van der Waals surface area contributed by atoms with Crippen molar-refractivity contribution >= 4 is 17.7 Å². The number of hydrogen-bond donors (Lipinski definition) is 0. The number of esters is 1. The molecule has 1 rings (SSSR count). The Kier molecular flexibility index (Phi) is 5.31. The molecule has 5 nitrogen and oxygen atoms in total. The Morgan fingerprint density at radius 3 is 2.50 bits per heavy atom. The Morgan fingerprint density at radius 2 is 2.06 bits per heavy atom. The van der Waals surface area contributed by atoms with E-state index in [1.165, 1.54) is 6.92 Å². The fourth-order valence-corrected chi connectivity index (χ4v) is 2.41. The van der Waals surface area contributed by atoms with Gasteiger partial charge in [-0.15, -0.1) is 0 Å². The predicted molar refractivity (Wildman–Crippen MR) is 65.8 cm³/mol. The van der Waals surface area contributed by atoms with Crippen molar-refractivity contribution in [2.75, 3.05) is 19.7 Å². The van der Waals surface area contributed by atoms with Gasteiger partial charge in [-0.2, -0.15) is 0 Å². The van der Waals surface area contributed by atoms with Crippen LogP contribution in [0.4, 0.5) is 0 Å². The van der Waals surface area contributed by atoms with Crippen molar-refractivity contribution in [3.8, 4) is 0 Å². The quantitative estimate of drug-likeness (QED) is 0.525. The van der Waals surface area contributed by atoms with Gasteiger partial charge in [0.1, 0.15) is 11.7 Å². The fraction of sp³-hybridized carbons (Fsp3) is 0.769. The van der Waals surface area contributed by atoms with Crippen molar-refractivity contribution < 1.29 is 19.1 Å². The van der Waals surface area contributed by atoms with E-state index in [0.29, 0.717) is 19.7 Å². The van der Waals surface area contributed by atoms with Crippen LogP contribution in [0.1, 0.15) is 33.6 Å². The lowest BCUT2D eigenvalue weighted by atomic mass is 9.90. The van der Waals surface area contributed by atoms with Crippen LogP contribution in [0.5, 0.6) is 0 Å². The van der Waals surface area contributed by atoms with E-state index in [4.69, 9.17) is 4.74 Å². The molecule has 2 atom stereocenters. The number of amides is 1. The molecule has 0 unspecified atom stereocenters. The molecule has 102 valence electrons. The van der Waals surface area contributed by atoms with Crippen LogP contribution >= 0.6 is 0 Å². The minimum absolute atomic E-state index is 0.0783. The molecule has 18 heavy (non-hydrogen) atoms. The zero-order valence-corrected chi connectivity index (χ0v) is 11.3. The van der Waals surface area contributed by atoms with E-state index >= 15 is 0 Å². The maximum Gasteiger partial charge on any atom is 0.307 e. The molecular formula is C13H21NO4. The van der Waals surface area contributed by atoms with Gasteiger partial charge in [0.05, 0.1) is 13.0 Å². The molecule has 1 heterocycles. The molecular weight excluding hydrogens is 234 g/mol. The maximum absolute atomic E-state index is 12.0. The summed E-state index contributed by atoms with van der Waals surface area (Å²) in [6.07, 6.45) is 0.993. The van der Waals surface area contributed by atoms with Crippen molar-refractivity contribution in [3.05, 3.63) is 0 Å². The van der Waals surface area contributed by atoms with Crippen molar-refractivity contribution in [1.29, 1.82) is 0 Å². The van der Waals surface area contributed by atoms with Crippen LogP contribution in [0, 0.1) is 11.8 Å². The monoisotopic (exact) mass is 255 g/mol. The van der Waals surface area contributed by atoms with Crippen LogP contribution in [0.3, 0.4) is 0 Å². The SMILES string of the molecule is CCOC(=O)CCN1C[C@@H](CC)[C@H](C(C)=O)C1=O. The molecule has 0 aliphatic carbocycles. The average Bonchev–Trinajstić information content (AvgIpc) is 2.63. The van der Waals surface area contributed by atoms with Crippen LogP contribution in [0.15, 0.2) is 0 Å². The summed E-state index contributed by atoms with van der Waals surface area (Å²) in [7, 11) is 0. The van der Waals surface area contributed by atoms with Gasteiger partial charge in [0, 0.05) is 13.1 Å². The van der Waals surface area contributed by atoms with Crippen molar-refractivity contribution in [2.45, 2.75) is 33.6 Å². The van der Waals surface area contributed by atoms with E-state index in [0.717, 1.165) is 6.42 Å². The number of ether oxygens (including phenoxy) is 1. The van der Waals surface area contributed by atoms with Gasteiger partial charge in [0.2, 0.25) is 5.91 Å². The lowest BCUT2D eigenvalue weighted by molar-refractivity contribution is -0.143. The number of likely N-dealkylation sites (tertiary alicyclic amines) is 1. The maximum atomic E-state index is 12.0. The molecule has 1 amide bonds. The van der Waals surface area contributed by atoms with E-state index in [1.54, 1.807) is 11.8 Å². The lowest BCUT2D eigenvalue weighted by Crippen LogP contribution is -2.31. The third-order valence-electron chi connectivity index (χ3n) is 3.36. The van der Waals surface area contributed by atoms with E-state index in [1.807, 2.05) is 6.92 Å². The highest BCUT2D eigenvalue weighted by Gasteiger charge is 2.41. The largest absolute Gasteiger partial charge is 0.466 e. The standard InChI is InChI=1S/C13H21NO4/c1-4-10-8-14(7-6-11(16)18-5-2)13(17)12(10)9(3)15/h10,12H,4-8H2,1-3H3/t10-,12+/m1/s1. The fourth-order valence-electron chi connectivity index (χ4n) is 2.41. The van der Waals surface area contributed by atoms with Crippen LogP contribution in [0.2, 0.25) is 0 Å². The highest BCUT2D eigenvalue weighted by Crippen LogP contribution is 2.28. The first-order valence-electron chi connectivity index (χ1n) is 6.46. The molecule has 0 spiro atoms. The number of rotatable bonds is 6. The summed E-state index contributed by atoms with van der Waals surface area (Å²) in [4.78, 5) is 36.4. The molecule has 1 aliphatic heterocycles. The van der Waals surface area contributed by atoms with Gasteiger partial charge < -0.3 is 9.64 Å². The number of hydrogen-bond acceptors (Lipinski definition) is 4. The average molecular weight is 255 g/mol. The van der Waals surface area contributed by atoms with E-state index in [9.17, 15) is 14.4 Å². The molecule has 0 N–H and O–H groups in total. The van der Waals surface area contributed by atoms with E-state index in [-0.39, 0.29) is 30.0 Å². The van der Waals surface area contributed by atoms with Gasteiger partial charge in [0.15, 0.2) is 0 Å². The normalized spacial score (nSPS) is 23.3.